The van der Waals surface area contributed by atoms with Crippen molar-refractivity contribution < 1.29 is 23.1 Å². The van der Waals surface area contributed by atoms with Crippen LogP contribution in [0.25, 0.3) is 0 Å². The van der Waals surface area contributed by atoms with E-state index >= 15 is 0 Å². The van der Waals surface area contributed by atoms with E-state index in [1.807, 2.05) is 0 Å². The molecule has 0 aromatic heterocycles. The third-order valence-electron chi connectivity index (χ3n) is 3.59. The minimum atomic E-state index is -4.56. The Kier molecular flexibility index (Phi) is 5.40. The van der Waals surface area contributed by atoms with E-state index in [0.29, 0.717) is 4.31 Å². The molecule has 0 saturated heterocycles. The zero-order valence-electron chi connectivity index (χ0n) is 13.9. The molecule has 0 unspecified atom stereocenters. The van der Waals surface area contributed by atoms with Crippen LogP contribution in [0.1, 0.15) is 5.56 Å². The molecule has 0 atom stereocenters. The lowest BCUT2D eigenvalue weighted by atomic mass is 10.2. The molecular weight excluding hydrogens is 380 g/mol. The van der Waals surface area contributed by atoms with Gasteiger partial charge in [-0.2, -0.15) is 0 Å². The summed E-state index contributed by atoms with van der Waals surface area (Å²) >= 11 is 0. The number of sulfonamides is 1. The SMILES string of the molecule is Cc1cc([N+](=O)[O-])ccc1N(CC(N)=O)S(=O)(=O)c1ccccc1[N+](=O)[O-]. The zero-order chi connectivity index (χ0) is 20.4. The molecule has 1 amide bonds. The maximum atomic E-state index is 13.0. The lowest BCUT2D eigenvalue weighted by Crippen LogP contribution is -2.39. The van der Waals surface area contributed by atoms with Crippen LogP contribution in [0.4, 0.5) is 17.1 Å². The zero-order valence-corrected chi connectivity index (χ0v) is 14.8. The number of aryl methyl sites for hydroxylation is 1. The second-order valence-corrected chi connectivity index (χ2v) is 7.26. The van der Waals surface area contributed by atoms with Gasteiger partial charge < -0.3 is 5.73 Å². The first-order valence-corrected chi connectivity index (χ1v) is 8.79. The molecule has 0 fully saturated rings. The normalized spacial score (nSPS) is 11.0. The standard InChI is InChI=1S/C15H14N4O7S/c1-10-8-11(18(21)22)6-7-12(10)17(9-15(16)20)27(25,26)14-5-3-2-4-13(14)19(23)24/h2-8H,9H2,1H3,(H2,16,20). The van der Waals surface area contributed by atoms with Gasteiger partial charge in [0.25, 0.3) is 21.4 Å². The van der Waals surface area contributed by atoms with Gasteiger partial charge in [0.05, 0.1) is 15.5 Å². The maximum absolute atomic E-state index is 13.0. The largest absolute Gasteiger partial charge is 0.368 e. The number of primary amides is 1. The molecule has 11 nitrogen and oxygen atoms in total. The number of hydrogen-bond donors (Lipinski definition) is 1. The highest BCUT2D eigenvalue weighted by Crippen LogP contribution is 2.32. The second-order valence-electron chi connectivity index (χ2n) is 5.43. The Labute approximate surface area is 153 Å². The third-order valence-corrected chi connectivity index (χ3v) is 5.40. The van der Waals surface area contributed by atoms with Gasteiger partial charge >= 0.3 is 0 Å². The maximum Gasteiger partial charge on any atom is 0.289 e. The van der Waals surface area contributed by atoms with Gasteiger partial charge in [-0.3, -0.25) is 29.3 Å². The number of carbonyl (C=O) groups is 1. The molecular formula is C15H14N4O7S. The number of non-ortho nitro benzene ring substituents is 1. The number of carbonyl (C=O) groups excluding carboxylic acids is 1. The van der Waals surface area contributed by atoms with Crippen molar-refractivity contribution >= 4 is 33.0 Å². The number of benzene rings is 2. The molecule has 2 aromatic rings. The van der Waals surface area contributed by atoms with Crippen LogP contribution in [0.5, 0.6) is 0 Å². The number of nitro groups is 2. The van der Waals surface area contributed by atoms with Gasteiger partial charge in [0.1, 0.15) is 6.54 Å². The molecule has 0 bridgehead atoms. The fraction of sp³-hybridized carbons (Fsp3) is 0.133. The topological polar surface area (TPSA) is 167 Å². The molecule has 27 heavy (non-hydrogen) atoms. The Hall–Kier alpha value is -3.54. The van der Waals surface area contributed by atoms with Crippen LogP contribution < -0.4 is 10.0 Å². The number of anilines is 1. The van der Waals surface area contributed by atoms with Crippen molar-refractivity contribution in [3.8, 4) is 0 Å². The molecule has 0 aliphatic carbocycles. The number of hydrogen-bond acceptors (Lipinski definition) is 7. The monoisotopic (exact) mass is 394 g/mol. The van der Waals surface area contributed by atoms with E-state index in [2.05, 4.69) is 0 Å². The second kappa shape index (κ2) is 7.37. The summed E-state index contributed by atoms with van der Waals surface area (Å²) in [5.74, 6) is -1.00. The molecule has 12 heteroatoms. The average Bonchev–Trinajstić information content (AvgIpc) is 2.59. The van der Waals surface area contributed by atoms with Gasteiger partial charge in [0.15, 0.2) is 4.90 Å². The highest BCUT2D eigenvalue weighted by molar-refractivity contribution is 7.93. The van der Waals surface area contributed by atoms with Crippen LogP contribution in [0, 0.1) is 27.2 Å². The van der Waals surface area contributed by atoms with Crippen molar-refractivity contribution in [2.45, 2.75) is 11.8 Å². The highest BCUT2D eigenvalue weighted by atomic mass is 32.2. The van der Waals surface area contributed by atoms with E-state index in [1.54, 1.807) is 0 Å². The van der Waals surface area contributed by atoms with Crippen molar-refractivity contribution in [2.24, 2.45) is 5.73 Å². The quantitative estimate of drug-likeness (QED) is 0.548. The molecule has 0 spiro atoms. The number of amides is 1. The van der Waals surface area contributed by atoms with E-state index in [1.165, 1.54) is 19.1 Å². The molecule has 2 rings (SSSR count). The fourth-order valence-electron chi connectivity index (χ4n) is 2.42. The number of rotatable bonds is 7. The van der Waals surface area contributed by atoms with Gasteiger partial charge in [-0.15, -0.1) is 0 Å². The smallest absolute Gasteiger partial charge is 0.289 e. The van der Waals surface area contributed by atoms with Crippen molar-refractivity contribution in [3.05, 3.63) is 68.3 Å². The van der Waals surface area contributed by atoms with Crippen molar-refractivity contribution in [2.75, 3.05) is 10.8 Å². The van der Waals surface area contributed by atoms with Crippen LogP contribution >= 0.6 is 0 Å². The molecule has 0 aliphatic heterocycles. The molecule has 2 aromatic carbocycles. The van der Waals surface area contributed by atoms with E-state index in [9.17, 15) is 33.4 Å². The van der Waals surface area contributed by atoms with Gasteiger partial charge in [-0.25, -0.2) is 8.42 Å². The molecule has 0 aliphatic rings. The van der Waals surface area contributed by atoms with Crippen molar-refractivity contribution in [1.29, 1.82) is 0 Å². The summed E-state index contributed by atoms with van der Waals surface area (Å²) in [6.45, 7) is 0.609. The van der Waals surface area contributed by atoms with Crippen molar-refractivity contribution in [1.82, 2.24) is 0 Å². The Morgan fingerprint density at radius 1 is 1.11 bits per heavy atom. The van der Waals surface area contributed by atoms with E-state index < -0.39 is 42.9 Å². The molecule has 0 saturated carbocycles. The van der Waals surface area contributed by atoms with Crippen molar-refractivity contribution in [3.63, 3.8) is 0 Å². The summed E-state index contributed by atoms with van der Waals surface area (Å²) in [6, 6.07) is 7.96. The van der Waals surface area contributed by atoms with Crippen LogP contribution in [-0.4, -0.2) is 30.7 Å². The number of nitro benzene ring substituents is 2. The van der Waals surface area contributed by atoms with Gasteiger partial charge in [0, 0.05) is 18.2 Å². The predicted octanol–water partition coefficient (Wildman–Crippen LogP) is 1.49. The number of para-hydroxylation sites is 1. The lowest BCUT2D eigenvalue weighted by molar-refractivity contribution is -0.387. The van der Waals surface area contributed by atoms with Gasteiger partial charge in [0.2, 0.25) is 5.91 Å². The van der Waals surface area contributed by atoms with E-state index in [0.717, 1.165) is 30.3 Å². The number of nitrogens with two attached hydrogens (primary N) is 1. The summed E-state index contributed by atoms with van der Waals surface area (Å²) in [5.41, 5.74) is 4.31. The first kappa shape index (κ1) is 19.8. The minimum absolute atomic E-state index is 0.0578. The minimum Gasteiger partial charge on any atom is -0.368 e. The Morgan fingerprint density at radius 3 is 2.26 bits per heavy atom. The van der Waals surface area contributed by atoms with Crippen LogP contribution in [0.3, 0.4) is 0 Å². The predicted molar refractivity (Wildman–Crippen MR) is 94.7 cm³/mol. The van der Waals surface area contributed by atoms with Crippen LogP contribution in [-0.2, 0) is 14.8 Å². The van der Waals surface area contributed by atoms with Crippen LogP contribution in [0.2, 0.25) is 0 Å². The first-order chi connectivity index (χ1) is 12.6. The summed E-state index contributed by atoms with van der Waals surface area (Å²) < 4.78 is 26.7. The Bertz CT molecular complexity index is 1040. The lowest BCUT2D eigenvalue weighted by Gasteiger charge is -2.24. The fourth-order valence-corrected chi connectivity index (χ4v) is 4.07. The summed E-state index contributed by atoms with van der Waals surface area (Å²) in [5, 5.41) is 22.1. The Morgan fingerprint density at radius 2 is 1.74 bits per heavy atom. The van der Waals surface area contributed by atoms with Gasteiger partial charge in [-0.05, 0) is 24.6 Å². The summed E-state index contributed by atoms with van der Waals surface area (Å²) in [6.07, 6.45) is 0. The number of nitrogens with zero attached hydrogens (tertiary/aromatic N) is 3. The average molecular weight is 394 g/mol. The molecule has 0 heterocycles. The molecule has 142 valence electrons. The van der Waals surface area contributed by atoms with E-state index in [-0.39, 0.29) is 16.9 Å². The molecule has 0 radical (unpaired) electrons. The first-order valence-electron chi connectivity index (χ1n) is 7.35. The summed E-state index contributed by atoms with van der Waals surface area (Å²) in [7, 11) is -4.56. The van der Waals surface area contributed by atoms with Crippen LogP contribution in [0.15, 0.2) is 47.4 Å². The van der Waals surface area contributed by atoms with Gasteiger partial charge in [-0.1, -0.05) is 12.1 Å². The third kappa shape index (κ3) is 4.00. The van der Waals surface area contributed by atoms with E-state index in [4.69, 9.17) is 5.73 Å². The highest BCUT2D eigenvalue weighted by Gasteiger charge is 2.33. The Balaban J connectivity index is 2.69. The molecule has 2 N–H and O–H groups in total. The summed E-state index contributed by atoms with van der Waals surface area (Å²) in [4.78, 5) is 31.4.